The van der Waals surface area contributed by atoms with Crippen molar-refractivity contribution in [1.82, 2.24) is 25.1 Å². The molecule has 2 saturated carbocycles. The first-order valence-corrected chi connectivity index (χ1v) is 10.4. The van der Waals surface area contributed by atoms with Crippen LogP contribution in [-0.2, 0) is 23.7 Å². The summed E-state index contributed by atoms with van der Waals surface area (Å²) in [5.41, 5.74) is 9.66. The molecule has 0 aliphatic heterocycles. The molecule has 0 bridgehead atoms. The zero-order valence-electron chi connectivity index (χ0n) is 17.0. The summed E-state index contributed by atoms with van der Waals surface area (Å²) in [6.45, 7) is 1.62. The van der Waals surface area contributed by atoms with Crippen LogP contribution in [0.25, 0.3) is 11.3 Å². The highest BCUT2D eigenvalue weighted by atomic mass is 16.5. The second-order valence-corrected chi connectivity index (χ2v) is 8.42. The Morgan fingerprint density at radius 1 is 1.29 bits per heavy atom. The molecule has 28 heavy (non-hydrogen) atoms. The van der Waals surface area contributed by atoms with E-state index in [2.05, 4.69) is 15.4 Å². The molecule has 2 heterocycles. The molecule has 2 aromatic heterocycles. The average molecular weight is 385 g/mol. The minimum Gasteiger partial charge on any atom is -0.383 e. The van der Waals surface area contributed by atoms with Crippen molar-refractivity contribution in [2.45, 2.75) is 56.5 Å². The van der Waals surface area contributed by atoms with Gasteiger partial charge in [0.1, 0.15) is 5.82 Å². The van der Waals surface area contributed by atoms with Crippen LogP contribution in [0.2, 0.25) is 0 Å². The van der Waals surface area contributed by atoms with Gasteiger partial charge in [-0.25, -0.2) is 9.97 Å². The molecule has 0 radical (unpaired) electrons. The monoisotopic (exact) mass is 384 g/mol. The fraction of sp³-hybridized carbons (Fsp3) is 0.667. The molecular weight excluding hydrogens is 352 g/mol. The first-order valence-electron chi connectivity index (χ1n) is 10.4. The van der Waals surface area contributed by atoms with Gasteiger partial charge in [0.15, 0.2) is 0 Å². The molecule has 0 saturated heterocycles. The second kappa shape index (κ2) is 8.27. The first kappa shape index (κ1) is 19.5. The van der Waals surface area contributed by atoms with E-state index in [1.807, 2.05) is 30.2 Å². The summed E-state index contributed by atoms with van der Waals surface area (Å²) in [5, 5.41) is 8.04. The summed E-state index contributed by atoms with van der Waals surface area (Å²) in [4.78, 5) is 9.48. The Morgan fingerprint density at radius 3 is 2.79 bits per heavy atom. The highest BCUT2D eigenvalue weighted by Gasteiger charge is 2.36. The number of nitrogens with two attached hydrogens (primary N) is 1. The molecule has 4 rings (SSSR count). The number of methoxy groups -OCH3 is 1. The summed E-state index contributed by atoms with van der Waals surface area (Å²) in [6, 6.07) is 2.48. The van der Waals surface area contributed by atoms with Crippen molar-refractivity contribution in [3.8, 4) is 11.3 Å². The summed E-state index contributed by atoms with van der Waals surface area (Å²) in [6.07, 6.45) is 11.4. The maximum atomic E-state index is 6.78. The van der Waals surface area contributed by atoms with Gasteiger partial charge in [0.05, 0.1) is 24.0 Å². The number of rotatable bonds is 8. The van der Waals surface area contributed by atoms with E-state index in [-0.39, 0.29) is 0 Å². The van der Waals surface area contributed by atoms with Gasteiger partial charge >= 0.3 is 0 Å². The van der Waals surface area contributed by atoms with Crippen LogP contribution in [0.15, 0.2) is 18.5 Å². The number of nitrogens with zero attached hydrogens (tertiary/aromatic N) is 4. The quantitative estimate of drug-likeness (QED) is 0.678. The van der Waals surface area contributed by atoms with Crippen LogP contribution in [0.4, 0.5) is 0 Å². The summed E-state index contributed by atoms with van der Waals surface area (Å²) in [7, 11) is 3.75. The van der Waals surface area contributed by atoms with Crippen LogP contribution < -0.4 is 11.1 Å². The number of nitrogens with one attached hydrogen (secondary N) is 1. The smallest absolute Gasteiger partial charge is 0.148 e. The fourth-order valence-corrected chi connectivity index (χ4v) is 4.19. The van der Waals surface area contributed by atoms with E-state index in [1.165, 1.54) is 18.5 Å². The number of aromatic nitrogens is 4. The van der Waals surface area contributed by atoms with E-state index < -0.39 is 5.54 Å². The zero-order valence-corrected chi connectivity index (χ0v) is 17.0. The molecule has 152 valence electrons. The number of hydrogen-bond donors (Lipinski definition) is 2. The molecule has 3 N–H and O–H groups in total. The lowest BCUT2D eigenvalue weighted by atomic mass is 9.79. The highest BCUT2D eigenvalue weighted by molar-refractivity contribution is 5.61. The summed E-state index contributed by atoms with van der Waals surface area (Å²) < 4.78 is 7.11. The van der Waals surface area contributed by atoms with Gasteiger partial charge in [-0.15, -0.1) is 0 Å². The van der Waals surface area contributed by atoms with Crippen LogP contribution in [0.1, 0.15) is 50.0 Å². The molecule has 0 atom stereocenters. The maximum Gasteiger partial charge on any atom is 0.148 e. The van der Waals surface area contributed by atoms with E-state index >= 15 is 0 Å². The summed E-state index contributed by atoms with van der Waals surface area (Å²) >= 11 is 0. The molecule has 2 aliphatic carbocycles. The van der Waals surface area contributed by atoms with Gasteiger partial charge in [-0.1, -0.05) is 0 Å². The third kappa shape index (κ3) is 4.26. The third-order valence-corrected chi connectivity index (χ3v) is 6.23. The van der Waals surface area contributed by atoms with Crippen molar-refractivity contribution in [2.75, 3.05) is 20.3 Å². The zero-order chi connectivity index (χ0) is 19.6. The lowest BCUT2D eigenvalue weighted by Gasteiger charge is -2.36. The van der Waals surface area contributed by atoms with Crippen molar-refractivity contribution in [3.05, 3.63) is 30.0 Å². The van der Waals surface area contributed by atoms with Crippen molar-refractivity contribution < 1.29 is 4.74 Å². The maximum absolute atomic E-state index is 6.78. The molecule has 2 aromatic rings. The van der Waals surface area contributed by atoms with Crippen molar-refractivity contribution in [2.24, 2.45) is 18.7 Å². The van der Waals surface area contributed by atoms with Gasteiger partial charge in [-0.05, 0) is 56.9 Å². The van der Waals surface area contributed by atoms with E-state index in [4.69, 9.17) is 15.5 Å². The largest absolute Gasteiger partial charge is 0.383 e. The van der Waals surface area contributed by atoms with Crippen LogP contribution in [0, 0.1) is 5.92 Å². The normalized spacial score (nSPS) is 25.2. The predicted molar refractivity (Wildman–Crippen MR) is 109 cm³/mol. The Kier molecular flexibility index (Phi) is 5.75. The molecule has 2 fully saturated rings. The van der Waals surface area contributed by atoms with Crippen molar-refractivity contribution in [1.29, 1.82) is 0 Å². The minimum atomic E-state index is -0.450. The fourth-order valence-electron chi connectivity index (χ4n) is 4.19. The predicted octanol–water partition coefficient (Wildman–Crippen LogP) is 2.16. The molecule has 0 amide bonds. The molecule has 2 aliphatic rings. The Balaban J connectivity index is 1.48. The molecule has 0 spiro atoms. The lowest BCUT2D eigenvalue weighted by Crippen LogP contribution is -2.46. The van der Waals surface area contributed by atoms with Crippen LogP contribution in [-0.4, -0.2) is 46.1 Å². The average Bonchev–Trinajstić information content (AvgIpc) is 3.46. The number of hydrogen-bond acceptors (Lipinski definition) is 6. The summed E-state index contributed by atoms with van der Waals surface area (Å²) in [5.74, 6) is 1.57. The van der Waals surface area contributed by atoms with Gasteiger partial charge in [-0.2, -0.15) is 5.10 Å². The third-order valence-electron chi connectivity index (χ3n) is 6.23. The standard InChI is InChI=1S/C21H32N6O/c1-27-19(13-15-3-4-15)17(14-25-27)18-7-10-24-20(26-18)21(22)8-5-16(6-9-21)23-11-12-28-2/h7,10,14-16,23H,3-6,8-9,11-13,22H2,1-2H3. The number of ether oxygens (including phenoxy) is 1. The Labute approximate surface area is 167 Å². The van der Waals surface area contributed by atoms with Crippen molar-refractivity contribution >= 4 is 0 Å². The molecule has 7 heteroatoms. The van der Waals surface area contributed by atoms with Gasteiger partial charge in [0.25, 0.3) is 0 Å². The molecule has 0 unspecified atom stereocenters. The Hall–Kier alpha value is -1.83. The van der Waals surface area contributed by atoms with Gasteiger partial charge < -0.3 is 15.8 Å². The van der Waals surface area contributed by atoms with Crippen LogP contribution >= 0.6 is 0 Å². The first-order chi connectivity index (χ1) is 13.6. The topological polar surface area (TPSA) is 90.9 Å². The highest BCUT2D eigenvalue weighted by Crippen LogP contribution is 2.36. The molecule has 7 nitrogen and oxygen atoms in total. The van der Waals surface area contributed by atoms with Gasteiger partial charge in [0.2, 0.25) is 0 Å². The van der Waals surface area contributed by atoms with Crippen LogP contribution in [0.3, 0.4) is 0 Å². The van der Waals surface area contributed by atoms with Gasteiger partial charge in [-0.3, -0.25) is 4.68 Å². The minimum absolute atomic E-state index is 0.450. The molecular formula is C21H32N6O. The van der Waals surface area contributed by atoms with Gasteiger partial charge in [0, 0.05) is 44.2 Å². The number of aryl methyl sites for hydroxylation is 1. The van der Waals surface area contributed by atoms with E-state index in [0.29, 0.717) is 6.04 Å². The Bertz CT molecular complexity index is 792. The van der Waals surface area contributed by atoms with E-state index in [9.17, 15) is 0 Å². The molecule has 0 aromatic carbocycles. The second-order valence-electron chi connectivity index (χ2n) is 8.42. The van der Waals surface area contributed by atoms with Crippen LogP contribution in [0.5, 0.6) is 0 Å². The SMILES string of the molecule is COCCNC1CCC(N)(c2nccc(-c3cnn(C)c3CC3CC3)n2)CC1. The van der Waals surface area contributed by atoms with E-state index in [1.54, 1.807) is 7.11 Å². The van der Waals surface area contributed by atoms with Crippen molar-refractivity contribution in [3.63, 3.8) is 0 Å². The van der Waals surface area contributed by atoms with E-state index in [0.717, 1.165) is 68.3 Å². The lowest BCUT2D eigenvalue weighted by molar-refractivity contribution is 0.183. The Morgan fingerprint density at radius 2 is 2.07 bits per heavy atom.